The van der Waals surface area contributed by atoms with Crippen LogP contribution in [0.4, 0.5) is 4.39 Å². The third kappa shape index (κ3) is 1.13. The highest BCUT2D eigenvalue weighted by Gasteiger charge is 2.31. The van der Waals surface area contributed by atoms with E-state index in [4.69, 9.17) is 5.11 Å². The second-order valence-corrected chi connectivity index (χ2v) is 3.95. The van der Waals surface area contributed by atoms with Crippen LogP contribution in [-0.2, 0) is 17.6 Å². The fourth-order valence-corrected chi connectivity index (χ4v) is 2.24. The molecule has 0 bridgehead atoms. The van der Waals surface area contributed by atoms with Crippen LogP contribution in [0.3, 0.4) is 0 Å². The summed E-state index contributed by atoms with van der Waals surface area (Å²) in [4.78, 5) is 10.9. The van der Waals surface area contributed by atoms with E-state index < -0.39 is 11.9 Å². The molecular weight excluding hydrogens is 213 g/mol. The molecule has 16 heavy (non-hydrogen) atoms. The lowest BCUT2D eigenvalue weighted by Crippen LogP contribution is -2.13. The number of carboxylic acid groups (broad SMARTS) is 1. The second kappa shape index (κ2) is 3.01. The molecule has 0 saturated carbocycles. The topological polar surface area (TPSA) is 78.9 Å². The number of carboxylic acids is 1. The van der Waals surface area contributed by atoms with Crippen LogP contribution >= 0.6 is 0 Å². The van der Waals surface area contributed by atoms with Crippen molar-refractivity contribution in [3.63, 3.8) is 0 Å². The van der Waals surface area contributed by atoms with Gasteiger partial charge in [-0.15, -0.1) is 0 Å². The number of halogens is 1. The maximum absolute atomic E-state index is 13.7. The lowest BCUT2D eigenvalue weighted by Gasteiger charge is -1.99. The summed E-state index contributed by atoms with van der Waals surface area (Å²) in [6.45, 7) is 0. The summed E-state index contributed by atoms with van der Waals surface area (Å²) in [5.41, 5.74) is 2.17. The zero-order valence-electron chi connectivity index (χ0n) is 8.20. The molecule has 1 heterocycles. The van der Waals surface area contributed by atoms with Crippen molar-refractivity contribution in [2.24, 2.45) is 5.92 Å². The van der Waals surface area contributed by atoms with Gasteiger partial charge in [0.1, 0.15) is 16.9 Å². The van der Waals surface area contributed by atoms with E-state index in [9.17, 15) is 9.18 Å². The minimum absolute atomic E-state index is 0.235. The summed E-state index contributed by atoms with van der Waals surface area (Å²) in [6.07, 6.45) is 0.560. The largest absolute Gasteiger partial charge is 0.481 e. The normalized spacial score (nSPS) is 18.9. The first-order chi connectivity index (χ1) is 7.66. The number of rotatable bonds is 1. The third-order valence-electron chi connectivity index (χ3n) is 3.03. The van der Waals surface area contributed by atoms with Crippen LogP contribution in [0.25, 0.3) is 11.0 Å². The van der Waals surface area contributed by atoms with E-state index in [1.165, 1.54) is 6.07 Å². The van der Waals surface area contributed by atoms with E-state index >= 15 is 0 Å². The van der Waals surface area contributed by atoms with Crippen LogP contribution in [0.15, 0.2) is 6.07 Å². The predicted octanol–water partition coefficient (Wildman–Crippen LogP) is 0.896. The molecule has 1 aliphatic rings. The van der Waals surface area contributed by atoms with Gasteiger partial charge in [0.05, 0.1) is 5.92 Å². The quantitative estimate of drug-likeness (QED) is 0.749. The van der Waals surface area contributed by atoms with Gasteiger partial charge >= 0.3 is 5.97 Å². The molecule has 2 aromatic rings. The molecule has 1 atom stereocenters. The molecule has 5 nitrogen and oxygen atoms in total. The van der Waals surface area contributed by atoms with Crippen molar-refractivity contribution >= 4 is 17.0 Å². The van der Waals surface area contributed by atoms with Crippen LogP contribution in [0.1, 0.15) is 11.1 Å². The first kappa shape index (κ1) is 9.26. The van der Waals surface area contributed by atoms with E-state index in [-0.39, 0.29) is 12.2 Å². The van der Waals surface area contributed by atoms with Crippen LogP contribution < -0.4 is 0 Å². The average molecular weight is 221 g/mol. The maximum atomic E-state index is 13.7. The molecule has 1 unspecified atom stereocenters. The first-order valence-electron chi connectivity index (χ1n) is 4.90. The SMILES string of the molecule is O=C(O)C1Cc2c(F)cc3n[nH]nc3c2C1. The van der Waals surface area contributed by atoms with Gasteiger partial charge < -0.3 is 5.11 Å². The van der Waals surface area contributed by atoms with Gasteiger partial charge in [0.2, 0.25) is 0 Å². The predicted molar refractivity (Wildman–Crippen MR) is 52.4 cm³/mol. The number of carbonyl (C=O) groups is 1. The number of H-pyrrole nitrogens is 1. The van der Waals surface area contributed by atoms with E-state index in [2.05, 4.69) is 15.4 Å². The molecule has 1 aromatic heterocycles. The summed E-state index contributed by atoms with van der Waals surface area (Å²) >= 11 is 0. The van der Waals surface area contributed by atoms with Crippen LogP contribution in [0, 0.1) is 11.7 Å². The number of fused-ring (bicyclic) bond motifs is 3. The van der Waals surface area contributed by atoms with Crippen molar-refractivity contribution in [1.82, 2.24) is 15.4 Å². The first-order valence-corrected chi connectivity index (χ1v) is 4.90. The van der Waals surface area contributed by atoms with Crippen molar-refractivity contribution in [1.29, 1.82) is 0 Å². The zero-order chi connectivity index (χ0) is 11.3. The Hall–Kier alpha value is -1.98. The number of hydrogen-bond acceptors (Lipinski definition) is 3. The van der Waals surface area contributed by atoms with Crippen LogP contribution in [-0.4, -0.2) is 26.5 Å². The van der Waals surface area contributed by atoms with Gasteiger partial charge in [-0.2, -0.15) is 15.4 Å². The smallest absolute Gasteiger partial charge is 0.307 e. The Morgan fingerprint density at radius 1 is 1.44 bits per heavy atom. The van der Waals surface area contributed by atoms with Gasteiger partial charge in [-0.3, -0.25) is 4.79 Å². The van der Waals surface area contributed by atoms with Crippen LogP contribution in [0.2, 0.25) is 0 Å². The molecule has 1 aliphatic carbocycles. The van der Waals surface area contributed by atoms with Crippen molar-refractivity contribution in [3.8, 4) is 0 Å². The Kier molecular flexibility index (Phi) is 1.74. The lowest BCUT2D eigenvalue weighted by atomic mass is 10.1. The molecule has 0 aliphatic heterocycles. The number of nitrogens with one attached hydrogen (secondary N) is 1. The minimum Gasteiger partial charge on any atom is -0.481 e. The Bertz CT molecular complexity index is 593. The van der Waals surface area contributed by atoms with Gasteiger partial charge in [0.25, 0.3) is 0 Å². The summed E-state index contributed by atoms with van der Waals surface area (Å²) in [5.74, 6) is -1.83. The number of aromatic amines is 1. The molecular formula is C10H8FN3O2. The van der Waals surface area contributed by atoms with Crippen molar-refractivity contribution in [2.45, 2.75) is 12.8 Å². The highest BCUT2D eigenvalue weighted by atomic mass is 19.1. The van der Waals surface area contributed by atoms with Gasteiger partial charge in [0, 0.05) is 6.07 Å². The number of nitrogens with zero attached hydrogens (tertiary/aromatic N) is 2. The van der Waals surface area contributed by atoms with Crippen molar-refractivity contribution < 1.29 is 14.3 Å². The number of hydrogen-bond donors (Lipinski definition) is 2. The summed E-state index contributed by atoms with van der Waals surface area (Å²) in [6, 6.07) is 1.29. The molecule has 2 N–H and O–H groups in total. The van der Waals surface area contributed by atoms with E-state index in [0.717, 1.165) is 0 Å². The Labute approximate surface area is 89.3 Å². The fraction of sp³-hybridized carbons (Fsp3) is 0.300. The second-order valence-electron chi connectivity index (χ2n) is 3.95. The average Bonchev–Trinajstić information content (AvgIpc) is 2.80. The van der Waals surface area contributed by atoms with Crippen molar-refractivity contribution in [3.05, 3.63) is 23.0 Å². The van der Waals surface area contributed by atoms with Gasteiger partial charge in [0.15, 0.2) is 0 Å². The fourth-order valence-electron chi connectivity index (χ4n) is 2.24. The highest BCUT2D eigenvalue weighted by molar-refractivity contribution is 5.82. The molecule has 0 fully saturated rings. The van der Waals surface area contributed by atoms with E-state index in [1.807, 2.05) is 0 Å². The standard InChI is InChI=1S/C10H8FN3O2/c11-7-3-8-9(13-14-12-8)6-2-4(10(15)16)1-5(6)7/h3-4H,1-2H2,(H,15,16)(H,12,13,14). The third-order valence-corrected chi connectivity index (χ3v) is 3.03. The number of aromatic nitrogens is 3. The Morgan fingerprint density at radius 2 is 2.19 bits per heavy atom. The molecule has 1 aromatic carbocycles. The van der Waals surface area contributed by atoms with Gasteiger partial charge in [-0.1, -0.05) is 0 Å². The molecule has 82 valence electrons. The maximum Gasteiger partial charge on any atom is 0.307 e. The molecule has 0 spiro atoms. The summed E-state index contributed by atoms with van der Waals surface area (Å²) < 4.78 is 13.7. The summed E-state index contributed by atoms with van der Waals surface area (Å²) in [7, 11) is 0. The van der Waals surface area contributed by atoms with Crippen molar-refractivity contribution in [2.75, 3.05) is 0 Å². The molecule has 0 saturated heterocycles. The van der Waals surface area contributed by atoms with E-state index in [0.29, 0.717) is 28.6 Å². The van der Waals surface area contributed by atoms with Gasteiger partial charge in [-0.25, -0.2) is 4.39 Å². The molecule has 0 amide bonds. The molecule has 6 heteroatoms. The Morgan fingerprint density at radius 3 is 2.94 bits per heavy atom. The number of aliphatic carboxylic acids is 1. The zero-order valence-corrected chi connectivity index (χ0v) is 8.20. The van der Waals surface area contributed by atoms with Crippen LogP contribution in [0.5, 0.6) is 0 Å². The van der Waals surface area contributed by atoms with Gasteiger partial charge in [-0.05, 0) is 24.0 Å². The minimum atomic E-state index is -0.896. The molecule has 3 rings (SSSR count). The number of benzene rings is 1. The lowest BCUT2D eigenvalue weighted by molar-refractivity contribution is -0.141. The van der Waals surface area contributed by atoms with E-state index in [1.54, 1.807) is 0 Å². The Balaban J connectivity index is 2.22. The summed E-state index contributed by atoms with van der Waals surface area (Å²) in [5, 5.41) is 19.1. The monoisotopic (exact) mass is 221 g/mol. The highest BCUT2D eigenvalue weighted by Crippen LogP contribution is 2.33. The molecule has 0 radical (unpaired) electrons.